The van der Waals surface area contributed by atoms with E-state index in [4.69, 9.17) is 0 Å². The number of hydrogen-bond donors (Lipinski definition) is 0. The summed E-state index contributed by atoms with van der Waals surface area (Å²) in [6, 6.07) is 4.61. The van der Waals surface area contributed by atoms with E-state index in [1.807, 2.05) is 0 Å². The first kappa shape index (κ1) is 31.0. The molecule has 2 aromatic rings. The maximum Gasteiger partial charge on any atom is 0.534 e. The fourth-order valence-corrected chi connectivity index (χ4v) is 3.48. The Labute approximate surface area is 207 Å². The summed E-state index contributed by atoms with van der Waals surface area (Å²) in [6.45, 7) is 0. The van der Waals surface area contributed by atoms with Gasteiger partial charge in [-0.25, -0.2) is 0 Å². The van der Waals surface area contributed by atoms with Crippen LogP contribution in [0.3, 0.4) is 0 Å². The van der Waals surface area contributed by atoms with Crippen LogP contribution in [0.25, 0.3) is 12.2 Å². The first-order valence-electron chi connectivity index (χ1n) is 8.89. The van der Waals surface area contributed by atoms with Crippen molar-refractivity contribution in [1.82, 2.24) is 0 Å². The summed E-state index contributed by atoms with van der Waals surface area (Å²) >= 11 is 0. The van der Waals surface area contributed by atoms with Crippen LogP contribution in [0.5, 0.6) is 17.2 Å². The fraction of sp³-hybridized carbons (Fsp3) is 0.176. The molecule has 0 heterocycles. The molecule has 0 N–H and O–H groups in total. The third-order valence-corrected chi connectivity index (χ3v) is 6.66. The average Bonchev–Trinajstić information content (AvgIpc) is 2.69. The zero-order valence-electron chi connectivity index (χ0n) is 17.5. The molecule has 2 aromatic carbocycles. The van der Waals surface area contributed by atoms with E-state index in [1.54, 1.807) is 0 Å². The highest BCUT2D eigenvalue weighted by Crippen LogP contribution is 2.33. The first-order chi connectivity index (χ1) is 16.9. The predicted octanol–water partition coefficient (Wildman–Crippen LogP) is 4.54. The lowest BCUT2D eigenvalue weighted by atomic mass is 10.1. The Kier molecular flexibility index (Phi) is 8.30. The summed E-state index contributed by atoms with van der Waals surface area (Å²) in [6.07, 6.45) is 1.86. The van der Waals surface area contributed by atoms with E-state index in [9.17, 15) is 64.8 Å². The lowest BCUT2D eigenvalue weighted by molar-refractivity contribution is -0.0505. The van der Waals surface area contributed by atoms with Crippen molar-refractivity contribution >= 4 is 42.5 Å². The quantitative estimate of drug-likeness (QED) is 0.180. The molecule has 0 aliphatic heterocycles. The number of hydrogen-bond acceptors (Lipinski definition) is 9. The Morgan fingerprint density at radius 3 is 1.13 bits per heavy atom. The number of halogens is 9. The van der Waals surface area contributed by atoms with E-state index < -0.39 is 69.7 Å². The molecule has 2 rings (SSSR count). The van der Waals surface area contributed by atoms with Gasteiger partial charge in [0, 0.05) is 6.07 Å². The summed E-state index contributed by atoms with van der Waals surface area (Å²) in [5.74, 6) is -3.39. The Bertz CT molecular complexity index is 1460. The summed E-state index contributed by atoms with van der Waals surface area (Å²) in [5, 5.41) is 0. The molecule has 0 aromatic heterocycles. The van der Waals surface area contributed by atoms with Crippen LogP contribution in [0.2, 0.25) is 0 Å². The molecule has 0 fully saturated rings. The van der Waals surface area contributed by atoms with E-state index in [-0.39, 0.29) is 11.6 Å². The maximum atomic E-state index is 12.6. The summed E-state index contributed by atoms with van der Waals surface area (Å²) < 4.78 is 191. The van der Waals surface area contributed by atoms with Crippen LogP contribution in [-0.2, 0) is 30.4 Å². The molecule has 21 heteroatoms. The van der Waals surface area contributed by atoms with E-state index in [1.165, 1.54) is 0 Å². The molecular formula is C17H9F9O9S3. The first-order valence-corrected chi connectivity index (χ1v) is 13.1. The molecule has 0 amide bonds. The van der Waals surface area contributed by atoms with Crippen molar-refractivity contribution in [2.45, 2.75) is 16.5 Å². The van der Waals surface area contributed by atoms with E-state index in [2.05, 4.69) is 12.5 Å². The summed E-state index contributed by atoms with van der Waals surface area (Å²) in [5.41, 5.74) is -18.1. The molecule has 212 valence electrons. The van der Waals surface area contributed by atoms with Gasteiger partial charge in [-0.1, -0.05) is 24.3 Å². The summed E-state index contributed by atoms with van der Waals surface area (Å²) in [4.78, 5) is 0. The molecule has 0 unspecified atom stereocenters. The Hall–Kier alpha value is -3.20. The monoisotopic (exact) mass is 624 g/mol. The van der Waals surface area contributed by atoms with Crippen molar-refractivity contribution < 1.29 is 77.3 Å². The second kappa shape index (κ2) is 10.2. The Morgan fingerprint density at radius 1 is 0.474 bits per heavy atom. The number of benzene rings is 2. The van der Waals surface area contributed by atoms with Crippen molar-refractivity contribution in [3.63, 3.8) is 0 Å². The molecule has 0 bridgehead atoms. The highest BCUT2D eigenvalue weighted by molar-refractivity contribution is 7.88. The Morgan fingerprint density at radius 2 is 0.789 bits per heavy atom. The molecule has 0 saturated heterocycles. The van der Waals surface area contributed by atoms with Crippen LogP contribution >= 0.6 is 0 Å². The minimum atomic E-state index is -6.35. The highest BCUT2D eigenvalue weighted by Gasteiger charge is 2.50. The third-order valence-electron chi connectivity index (χ3n) is 3.72. The van der Waals surface area contributed by atoms with Crippen LogP contribution in [0.15, 0.2) is 42.5 Å². The van der Waals surface area contributed by atoms with Gasteiger partial charge in [-0.05, 0) is 35.4 Å². The molecule has 0 radical (unpaired) electrons. The number of alkyl halides is 9. The van der Waals surface area contributed by atoms with Gasteiger partial charge in [0.1, 0.15) is 17.2 Å². The van der Waals surface area contributed by atoms with Crippen LogP contribution in [-0.4, -0.2) is 41.8 Å². The topological polar surface area (TPSA) is 130 Å². The normalized spacial score (nSPS) is 13.9. The van der Waals surface area contributed by atoms with Crippen LogP contribution in [0, 0.1) is 0 Å². The lowest BCUT2D eigenvalue weighted by Crippen LogP contribution is -2.29. The molecule has 0 aliphatic rings. The average molecular weight is 624 g/mol. The standard InChI is InChI=1S/C17H9F9O9S3/c18-15(19,20)36(27,28)33-12-5-3-10(4-6-12)1-2-11-7-13(34-37(29,30)16(21,22)23)9-14(8-11)35-38(31,32)17(24,25)26/h1-9H/b2-1+. The van der Waals surface area contributed by atoms with Gasteiger partial charge in [0.2, 0.25) is 0 Å². The SMILES string of the molecule is O=S(=O)(Oc1ccc(/C=C/c2cc(OS(=O)(=O)C(F)(F)F)cc(OS(=O)(=O)C(F)(F)F)c2)cc1)C(F)(F)F. The molecule has 9 nitrogen and oxygen atoms in total. The van der Waals surface area contributed by atoms with Crippen molar-refractivity contribution in [2.24, 2.45) is 0 Å². The minimum absolute atomic E-state index is 0.0290. The van der Waals surface area contributed by atoms with Gasteiger partial charge in [-0.3, -0.25) is 0 Å². The fourth-order valence-electron chi connectivity index (χ4n) is 2.13. The summed E-state index contributed by atoms with van der Waals surface area (Å²) in [7, 11) is -18.7. The molecule has 38 heavy (non-hydrogen) atoms. The van der Waals surface area contributed by atoms with Gasteiger partial charge in [-0.15, -0.1) is 0 Å². The van der Waals surface area contributed by atoms with Crippen LogP contribution < -0.4 is 12.5 Å². The van der Waals surface area contributed by atoms with Gasteiger partial charge < -0.3 is 12.5 Å². The molecule has 0 spiro atoms. The highest BCUT2D eigenvalue weighted by atomic mass is 32.2. The van der Waals surface area contributed by atoms with Gasteiger partial charge in [-0.2, -0.15) is 64.8 Å². The van der Waals surface area contributed by atoms with E-state index in [0.717, 1.165) is 36.4 Å². The van der Waals surface area contributed by atoms with Gasteiger partial charge in [0.15, 0.2) is 0 Å². The molecular weight excluding hydrogens is 615 g/mol. The van der Waals surface area contributed by atoms with Crippen LogP contribution in [0.1, 0.15) is 11.1 Å². The molecule has 0 saturated carbocycles. The second-order valence-corrected chi connectivity index (χ2v) is 11.2. The lowest BCUT2D eigenvalue weighted by Gasteiger charge is -2.13. The van der Waals surface area contributed by atoms with E-state index in [0.29, 0.717) is 12.1 Å². The van der Waals surface area contributed by atoms with Crippen molar-refractivity contribution in [3.8, 4) is 17.2 Å². The minimum Gasteiger partial charge on any atom is -0.376 e. The number of rotatable bonds is 8. The van der Waals surface area contributed by atoms with Crippen molar-refractivity contribution in [3.05, 3.63) is 53.6 Å². The zero-order valence-corrected chi connectivity index (χ0v) is 19.9. The largest absolute Gasteiger partial charge is 0.534 e. The van der Waals surface area contributed by atoms with E-state index >= 15 is 0 Å². The molecule has 0 atom stereocenters. The predicted molar refractivity (Wildman–Crippen MR) is 109 cm³/mol. The van der Waals surface area contributed by atoms with Crippen molar-refractivity contribution in [1.29, 1.82) is 0 Å². The third kappa shape index (κ3) is 7.66. The Balaban J connectivity index is 2.43. The van der Waals surface area contributed by atoms with Crippen LogP contribution in [0.4, 0.5) is 39.5 Å². The van der Waals surface area contributed by atoms with Gasteiger partial charge in [0.25, 0.3) is 0 Å². The second-order valence-electron chi connectivity index (χ2n) is 6.59. The zero-order chi connectivity index (χ0) is 29.4. The molecule has 0 aliphatic carbocycles. The van der Waals surface area contributed by atoms with Gasteiger partial charge >= 0.3 is 46.9 Å². The smallest absolute Gasteiger partial charge is 0.376 e. The van der Waals surface area contributed by atoms with Crippen molar-refractivity contribution in [2.75, 3.05) is 0 Å². The maximum absolute atomic E-state index is 12.6. The van der Waals surface area contributed by atoms with Gasteiger partial charge in [0.05, 0.1) is 0 Å².